The van der Waals surface area contributed by atoms with Crippen molar-refractivity contribution in [3.63, 3.8) is 0 Å². The molecule has 3 rings (SSSR count). The summed E-state index contributed by atoms with van der Waals surface area (Å²) < 4.78 is 5.37. The van der Waals surface area contributed by atoms with Crippen LogP contribution in [0.15, 0.2) is 30.3 Å². The Morgan fingerprint density at radius 2 is 1.95 bits per heavy atom. The SMILES string of the molecule is O=C(OCc1ccccc1)N1CCC([C@@H]2C[C@H]2CO)CC1. The third-order valence-electron chi connectivity index (χ3n) is 4.82. The van der Waals surface area contributed by atoms with Gasteiger partial charge in [-0.2, -0.15) is 0 Å². The van der Waals surface area contributed by atoms with E-state index >= 15 is 0 Å². The van der Waals surface area contributed by atoms with Gasteiger partial charge in [-0.3, -0.25) is 0 Å². The Morgan fingerprint density at radius 1 is 1.24 bits per heavy atom. The molecule has 1 N–H and O–H groups in total. The lowest BCUT2D eigenvalue weighted by Crippen LogP contribution is -2.39. The maximum atomic E-state index is 12.0. The van der Waals surface area contributed by atoms with E-state index in [9.17, 15) is 4.79 Å². The molecule has 21 heavy (non-hydrogen) atoms. The second-order valence-corrected chi connectivity index (χ2v) is 6.21. The van der Waals surface area contributed by atoms with E-state index in [1.165, 1.54) is 6.42 Å². The van der Waals surface area contributed by atoms with Gasteiger partial charge in [0.2, 0.25) is 0 Å². The number of benzene rings is 1. The Morgan fingerprint density at radius 3 is 2.57 bits per heavy atom. The Labute approximate surface area is 125 Å². The molecule has 1 saturated carbocycles. The molecular weight excluding hydrogens is 266 g/mol. The van der Waals surface area contributed by atoms with Crippen molar-refractivity contribution in [3.8, 4) is 0 Å². The standard InChI is InChI=1S/C17H23NO3/c19-11-15-10-16(15)14-6-8-18(9-7-14)17(20)21-12-13-4-2-1-3-5-13/h1-5,14-16,19H,6-12H2/t15-,16-/m0/s1. The number of likely N-dealkylation sites (tertiary alicyclic amines) is 1. The van der Waals surface area contributed by atoms with Gasteiger partial charge in [-0.15, -0.1) is 0 Å². The van der Waals surface area contributed by atoms with Gasteiger partial charge in [-0.1, -0.05) is 30.3 Å². The van der Waals surface area contributed by atoms with Gasteiger partial charge < -0.3 is 14.7 Å². The fourth-order valence-electron chi connectivity index (χ4n) is 3.38. The van der Waals surface area contributed by atoms with Crippen LogP contribution in [0.1, 0.15) is 24.8 Å². The predicted molar refractivity (Wildman–Crippen MR) is 79.6 cm³/mol. The second kappa shape index (κ2) is 6.48. The molecule has 1 amide bonds. The highest BCUT2D eigenvalue weighted by Crippen LogP contribution is 2.47. The van der Waals surface area contributed by atoms with Crippen LogP contribution in [0.4, 0.5) is 4.79 Å². The number of aliphatic hydroxyl groups is 1. The third-order valence-corrected chi connectivity index (χ3v) is 4.82. The van der Waals surface area contributed by atoms with E-state index in [1.54, 1.807) is 0 Å². The van der Waals surface area contributed by atoms with Crippen molar-refractivity contribution in [3.05, 3.63) is 35.9 Å². The van der Waals surface area contributed by atoms with Crippen molar-refractivity contribution in [2.45, 2.75) is 25.9 Å². The third kappa shape index (κ3) is 3.56. The number of nitrogens with zero attached hydrogens (tertiary/aromatic N) is 1. The molecule has 1 heterocycles. The summed E-state index contributed by atoms with van der Waals surface area (Å²) >= 11 is 0. The van der Waals surface area contributed by atoms with Crippen molar-refractivity contribution in [1.82, 2.24) is 4.90 Å². The van der Waals surface area contributed by atoms with Crippen LogP contribution in [-0.2, 0) is 11.3 Å². The van der Waals surface area contributed by atoms with Crippen LogP contribution in [0.5, 0.6) is 0 Å². The number of amides is 1. The first kappa shape index (κ1) is 14.4. The first-order chi connectivity index (χ1) is 10.3. The van der Waals surface area contributed by atoms with Gasteiger partial charge in [0.15, 0.2) is 0 Å². The van der Waals surface area contributed by atoms with Gasteiger partial charge in [-0.05, 0) is 42.6 Å². The summed E-state index contributed by atoms with van der Waals surface area (Å²) in [5.74, 6) is 1.89. The first-order valence-electron chi connectivity index (χ1n) is 7.84. The zero-order chi connectivity index (χ0) is 14.7. The van der Waals surface area contributed by atoms with Gasteiger partial charge in [0.05, 0.1) is 0 Å². The fourth-order valence-corrected chi connectivity index (χ4v) is 3.38. The molecule has 0 aromatic heterocycles. The van der Waals surface area contributed by atoms with Crippen molar-refractivity contribution < 1.29 is 14.6 Å². The average molecular weight is 289 g/mol. The first-order valence-corrected chi connectivity index (χ1v) is 7.84. The normalized spacial score (nSPS) is 25.7. The van der Waals surface area contributed by atoms with Gasteiger partial charge in [0.25, 0.3) is 0 Å². The highest BCUT2D eigenvalue weighted by molar-refractivity contribution is 5.67. The summed E-state index contributed by atoms with van der Waals surface area (Å²) in [4.78, 5) is 13.9. The molecule has 1 aromatic carbocycles. The fraction of sp³-hybridized carbons (Fsp3) is 0.588. The molecule has 1 aromatic rings. The van der Waals surface area contributed by atoms with Crippen molar-refractivity contribution >= 4 is 6.09 Å². The number of ether oxygens (including phenoxy) is 1. The zero-order valence-corrected chi connectivity index (χ0v) is 12.3. The van der Waals surface area contributed by atoms with Crippen LogP contribution in [-0.4, -0.2) is 35.8 Å². The molecule has 4 heteroatoms. The molecule has 4 nitrogen and oxygen atoms in total. The van der Waals surface area contributed by atoms with Crippen molar-refractivity contribution in [2.75, 3.05) is 19.7 Å². The van der Waals surface area contributed by atoms with Crippen molar-refractivity contribution in [1.29, 1.82) is 0 Å². The highest BCUT2D eigenvalue weighted by Gasteiger charge is 2.43. The lowest BCUT2D eigenvalue weighted by molar-refractivity contribution is 0.0791. The van der Waals surface area contributed by atoms with Crippen LogP contribution >= 0.6 is 0 Å². The predicted octanol–water partition coefficient (Wildman–Crippen LogP) is 2.66. The quantitative estimate of drug-likeness (QED) is 0.927. The Bertz CT molecular complexity index is 468. The lowest BCUT2D eigenvalue weighted by atomic mass is 9.91. The van der Waals surface area contributed by atoms with E-state index in [0.717, 1.165) is 31.5 Å². The molecule has 0 unspecified atom stereocenters. The largest absolute Gasteiger partial charge is 0.445 e. The summed E-state index contributed by atoms with van der Waals surface area (Å²) in [6.07, 6.45) is 3.05. The molecule has 2 atom stereocenters. The summed E-state index contributed by atoms with van der Waals surface area (Å²) in [5, 5.41) is 9.14. The van der Waals surface area contributed by atoms with E-state index in [-0.39, 0.29) is 6.09 Å². The number of carbonyl (C=O) groups excluding carboxylic acids is 1. The van der Waals surface area contributed by atoms with Gasteiger partial charge in [-0.25, -0.2) is 4.79 Å². The lowest BCUT2D eigenvalue weighted by Gasteiger charge is -2.31. The number of aliphatic hydroxyl groups excluding tert-OH is 1. The molecule has 2 aliphatic rings. The number of piperidine rings is 1. The van der Waals surface area contributed by atoms with Crippen LogP contribution in [0.3, 0.4) is 0 Å². The molecule has 114 valence electrons. The van der Waals surface area contributed by atoms with Crippen LogP contribution < -0.4 is 0 Å². The van der Waals surface area contributed by atoms with Gasteiger partial charge in [0, 0.05) is 19.7 Å². The smallest absolute Gasteiger partial charge is 0.410 e. The van der Waals surface area contributed by atoms with E-state index in [4.69, 9.17) is 9.84 Å². The molecule has 1 aliphatic carbocycles. The summed E-state index contributed by atoms with van der Waals surface area (Å²) in [5.41, 5.74) is 1.02. The Balaban J connectivity index is 1.41. The Kier molecular flexibility index (Phi) is 4.44. The van der Waals surface area contributed by atoms with E-state index in [1.807, 2.05) is 35.2 Å². The molecule has 0 bridgehead atoms. The van der Waals surface area contributed by atoms with Crippen molar-refractivity contribution in [2.24, 2.45) is 17.8 Å². The van der Waals surface area contributed by atoms with Gasteiger partial charge >= 0.3 is 6.09 Å². The maximum Gasteiger partial charge on any atom is 0.410 e. The molecule has 0 spiro atoms. The monoisotopic (exact) mass is 289 g/mol. The van der Waals surface area contributed by atoms with E-state index < -0.39 is 0 Å². The molecule has 1 aliphatic heterocycles. The minimum atomic E-state index is -0.202. The molecule has 0 radical (unpaired) electrons. The average Bonchev–Trinajstić information content (AvgIpc) is 3.33. The number of hydrogen-bond donors (Lipinski definition) is 1. The number of carbonyl (C=O) groups is 1. The highest BCUT2D eigenvalue weighted by atomic mass is 16.6. The van der Waals surface area contributed by atoms with Crippen LogP contribution in [0.25, 0.3) is 0 Å². The van der Waals surface area contributed by atoms with Crippen LogP contribution in [0, 0.1) is 17.8 Å². The second-order valence-electron chi connectivity index (χ2n) is 6.21. The molecular formula is C17H23NO3. The molecule has 2 fully saturated rings. The number of rotatable bonds is 4. The Hall–Kier alpha value is -1.55. The summed E-state index contributed by atoms with van der Waals surface area (Å²) in [7, 11) is 0. The topological polar surface area (TPSA) is 49.8 Å². The zero-order valence-electron chi connectivity index (χ0n) is 12.3. The van der Waals surface area contributed by atoms with Crippen LogP contribution in [0.2, 0.25) is 0 Å². The maximum absolute atomic E-state index is 12.0. The van der Waals surface area contributed by atoms with E-state index in [0.29, 0.717) is 31.0 Å². The minimum Gasteiger partial charge on any atom is -0.445 e. The summed E-state index contributed by atoms with van der Waals surface area (Å²) in [6, 6.07) is 9.76. The van der Waals surface area contributed by atoms with Gasteiger partial charge in [0.1, 0.15) is 6.61 Å². The van der Waals surface area contributed by atoms with E-state index in [2.05, 4.69) is 0 Å². The minimum absolute atomic E-state index is 0.202. The number of hydrogen-bond acceptors (Lipinski definition) is 3. The molecule has 1 saturated heterocycles. The summed E-state index contributed by atoms with van der Waals surface area (Å²) in [6.45, 7) is 2.23.